The van der Waals surface area contributed by atoms with Gasteiger partial charge in [-0.15, -0.1) is 23.2 Å². The highest BCUT2D eigenvalue weighted by Gasteiger charge is 1.95. The molecule has 0 fully saturated rings. The molecule has 0 rings (SSSR count). The summed E-state index contributed by atoms with van der Waals surface area (Å²) in [5, 5.41) is 0. The molecule has 0 bridgehead atoms. The number of ether oxygens (including phenoxy) is 2. The van der Waals surface area contributed by atoms with E-state index in [2.05, 4.69) is 4.74 Å². The van der Waals surface area contributed by atoms with Crippen LogP contribution in [0.5, 0.6) is 0 Å². The van der Waals surface area contributed by atoms with Gasteiger partial charge in [0.05, 0.1) is 6.61 Å². The van der Waals surface area contributed by atoms with Crippen molar-refractivity contribution in [3.8, 4) is 0 Å². The molecule has 0 amide bonds. The average molecular weight is 159 g/mol. The van der Waals surface area contributed by atoms with Crippen LogP contribution in [-0.2, 0) is 9.47 Å². The first-order valence-electron chi connectivity index (χ1n) is 2.12. The molecule has 2 nitrogen and oxygen atoms in total. The van der Waals surface area contributed by atoms with Crippen molar-refractivity contribution >= 4 is 23.2 Å². The van der Waals surface area contributed by atoms with E-state index in [-0.39, 0.29) is 6.79 Å². The molecule has 0 atom stereocenters. The number of hydrogen-bond acceptors (Lipinski definition) is 2. The zero-order valence-corrected chi connectivity index (χ0v) is 6.08. The van der Waals surface area contributed by atoms with Crippen LogP contribution in [0.15, 0.2) is 0 Å². The van der Waals surface area contributed by atoms with Gasteiger partial charge in [-0.05, 0) is 0 Å². The summed E-state index contributed by atoms with van der Waals surface area (Å²) in [6.07, 6.45) is 0. The Kier molecular flexibility index (Phi) is 5.99. The minimum atomic E-state index is -0.454. The van der Waals surface area contributed by atoms with Crippen LogP contribution in [0, 0.1) is 0 Å². The Morgan fingerprint density at radius 3 is 2.50 bits per heavy atom. The quantitative estimate of drug-likeness (QED) is 0.350. The van der Waals surface area contributed by atoms with E-state index in [1.54, 1.807) is 0 Å². The maximum atomic E-state index is 5.30. The highest BCUT2D eigenvalue weighted by atomic mass is 35.5. The zero-order valence-electron chi connectivity index (χ0n) is 4.56. The van der Waals surface area contributed by atoms with Gasteiger partial charge in [0.25, 0.3) is 0 Å². The number of rotatable bonds is 4. The van der Waals surface area contributed by atoms with Crippen molar-refractivity contribution in [2.45, 2.75) is 4.84 Å². The molecule has 4 heteroatoms. The number of halogens is 2. The van der Waals surface area contributed by atoms with Gasteiger partial charge in [-0.25, -0.2) is 0 Å². The lowest BCUT2D eigenvalue weighted by atomic mass is 10.8. The van der Waals surface area contributed by atoms with Gasteiger partial charge in [-0.3, -0.25) is 0 Å². The van der Waals surface area contributed by atoms with Crippen molar-refractivity contribution in [1.29, 1.82) is 0 Å². The predicted molar refractivity (Wildman–Crippen MR) is 33.3 cm³/mol. The minimum absolute atomic E-state index is 0.246. The fraction of sp³-hybridized carbons (Fsp3) is 1.00. The first-order valence-corrected chi connectivity index (χ1v) is 2.99. The van der Waals surface area contributed by atoms with Crippen molar-refractivity contribution in [2.75, 3.05) is 20.5 Å². The van der Waals surface area contributed by atoms with Gasteiger partial charge in [0.2, 0.25) is 0 Å². The second-order valence-corrected chi connectivity index (χ2v) is 2.45. The molecule has 0 saturated heterocycles. The van der Waals surface area contributed by atoms with Crippen molar-refractivity contribution in [3.63, 3.8) is 0 Å². The van der Waals surface area contributed by atoms with Crippen LogP contribution in [-0.4, -0.2) is 25.3 Å². The lowest BCUT2D eigenvalue weighted by Gasteiger charge is -2.00. The van der Waals surface area contributed by atoms with E-state index in [0.717, 1.165) is 0 Å². The van der Waals surface area contributed by atoms with E-state index in [1.165, 1.54) is 7.11 Å². The van der Waals surface area contributed by atoms with Crippen LogP contribution in [0.1, 0.15) is 0 Å². The maximum absolute atomic E-state index is 5.30. The van der Waals surface area contributed by atoms with E-state index in [9.17, 15) is 0 Å². The predicted octanol–water partition coefficient (Wildman–Crippen LogP) is 1.41. The molecular weight excluding hydrogens is 151 g/mol. The van der Waals surface area contributed by atoms with Crippen molar-refractivity contribution < 1.29 is 9.47 Å². The Bertz CT molecular complexity index is 49.3. The number of hydrogen-bond donors (Lipinski definition) is 0. The van der Waals surface area contributed by atoms with Gasteiger partial charge in [0.1, 0.15) is 11.6 Å². The Labute approximate surface area is 58.7 Å². The molecule has 0 radical (unpaired) electrons. The minimum Gasteiger partial charge on any atom is -0.359 e. The number of methoxy groups -OCH3 is 1. The van der Waals surface area contributed by atoms with E-state index < -0.39 is 4.84 Å². The molecule has 0 heterocycles. The molecule has 0 unspecified atom stereocenters. The van der Waals surface area contributed by atoms with Crippen molar-refractivity contribution in [2.24, 2.45) is 0 Å². The highest BCUT2D eigenvalue weighted by Crippen LogP contribution is 2.00. The summed E-state index contributed by atoms with van der Waals surface area (Å²) in [5.74, 6) is 0. The van der Waals surface area contributed by atoms with Gasteiger partial charge >= 0.3 is 0 Å². The summed E-state index contributed by atoms with van der Waals surface area (Å²) in [5.41, 5.74) is 0. The summed E-state index contributed by atoms with van der Waals surface area (Å²) >= 11 is 10.6. The van der Waals surface area contributed by atoms with Gasteiger partial charge in [-0.1, -0.05) is 0 Å². The summed E-state index contributed by atoms with van der Waals surface area (Å²) < 4.78 is 9.31. The third-order valence-corrected chi connectivity index (χ3v) is 0.697. The summed E-state index contributed by atoms with van der Waals surface area (Å²) in [7, 11) is 1.54. The van der Waals surface area contributed by atoms with Crippen LogP contribution in [0.4, 0.5) is 0 Å². The smallest absolute Gasteiger partial charge is 0.146 e. The SMILES string of the molecule is COCOCC(Cl)Cl. The molecule has 0 aliphatic rings. The molecule has 0 aliphatic carbocycles. The maximum Gasteiger partial charge on any atom is 0.146 e. The third-order valence-electron chi connectivity index (χ3n) is 0.445. The van der Waals surface area contributed by atoms with E-state index in [4.69, 9.17) is 27.9 Å². The van der Waals surface area contributed by atoms with E-state index in [1.807, 2.05) is 0 Å². The first kappa shape index (κ1) is 8.50. The first-order chi connectivity index (χ1) is 3.77. The monoisotopic (exact) mass is 158 g/mol. The summed E-state index contributed by atoms with van der Waals surface area (Å²) in [6, 6.07) is 0. The third kappa shape index (κ3) is 6.50. The second kappa shape index (κ2) is 5.63. The average Bonchev–Trinajstić information content (AvgIpc) is 1.66. The Balaban J connectivity index is 2.72. The normalized spacial score (nSPS) is 10.5. The summed E-state index contributed by atoms with van der Waals surface area (Å²) in [4.78, 5) is -0.454. The van der Waals surface area contributed by atoms with E-state index in [0.29, 0.717) is 6.61 Å². The Morgan fingerprint density at radius 2 is 2.12 bits per heavy atom. The van der Waals surface area contributed by atoms with Crippen LogP contribution < -0.4 is 0 Å². The van der Waals surface area contributed by atoms with Crippen molar-refractivity contribution in [1.82, 2.24) is 0 Å². The largest absolute Gasteiger partial charge is 0.359 e. The summed E-state index contributed by atoms with van der Waals surface area (Å²) in [6.45, 7) is 0.562. The Hall–Kier alpha value is 0.500. The van der Waals surface area contributed by atoms with Gasteiger partial charge < -0.3 is 9.47 Å². The number of alkyl halides is 2. The molecule has 0 aromatic heterocycles. The van der Waals surface area contributed by atoms with Gasteiger partial charge in [0, 0.05) is 7.11 Å². The fourth-order valence-electron chi connectivity index (χ4n) is 0.221. The lowest BCUT2D eigenvalue weighted by Crippen LogP contribution is -2.04. The lowest BCUT2D eigenvalue weighted by molar-refractivity contribution is -0.0262. The highest BCUT2D eigenvalue weighted by molar-refractivity contribution is 6.44. The van der Waals surface area contributed by atoms with Crippen molar-refractivity contribution in [3.05, 3.63) is 0 Å². The van der Waals surface area contributed by atoms with E-state index >= 15 is 0 Å². The molecule has 0 aliphatic heterocycles. The molecule has 0 N–H and O–H groups in total. The van der Waals surface area contributed by atoms with Crippen LogP contribution >= 0.6 is 23.2 Å². The molecule has 0 saturated carbocycles. The molecule has 0 aromatic carbocycles. The fourth-order valence-corrected chi connectivity index (χ4v) is 0.399. The molecule has 0 aromatic rings. The van der Waals surface area contributed by atoms with Crippen LogP contribution in [0.2, 0.25) is 0 Å². The molecule has 0 spiro atoms. The standard InChI is InChI=1S/C4H8Cl2O2/c1-7-3-8-2-4(5)6/h4H,2-3H2,1H3. The van der Waals surface area contributed by atoms with Gasteiger partial charge in [0.15, 0.2) is 0 Å². The zero-order chi connectivity index (χ0) is 6.41. The second-order valence-electron chi connectivity index (χ2n) is 1.17. The molecular formula is C4H8Cl2O2. The molecule has 8 heavy (non-hydrogen) atoms. The Morgan fingerprint density at radius 1 is 1.50 bits per heavy atom. The molecule has 50 valence electrons. The topological polar surface area (TPSA) is 18.5 Å². The van der Waals surface area contributed by atoms with Gasteiger partial charge in [-0.2, -0.15) is 0 Å². The van der Waals surface area contributed by atoms with Crippen LogP contribution in [0.25, 0.3) is 0 Å². The van der Waals surface area contributed by atoms with Crippen LogP contribution in [0.3, 0.4) is 0 Å².